The maximum atomic E-state index is 12.6. The number of hydrogen-bond donors (Lipinski definition) is 2. The highest BCUT2D eigenvalue weighted by Crippen LogP contribution is 2.37. The van der Waals surface area contributed by atoms with Gasteiger partial charge in [-0.3, -0.25) is 4.79 Å². The molecule has 1 aromatic heterocycles. The first-order chi connectivity index (χ1) is 13.9. The number of methoxy groups -OCH3 is 2. The second kappa shape index (κ2) is 9.77. The molecule has 0 spiro atoms. The number of aromatic nitrogens is 1. The number of amides is 1. The van der Waals surface area contributed by atoms with E-state index in [2.05, 4.69) is 5.32 Å². The molecule has 3 rings (SSSR count). The zero-order valence-electron chi connectivity index (χ0n) is 17.2. The molecule has 9 heteroatoms. The van der Waals surface area contributed by atoms with E-state index in [9.17, 15) is 14.4 Å². The Bertz CT molecular complexity index is 970. The van der Waals surface area contributed by atoms with Crippen LogP contribution in [0.5, 0.6) is 0 Å². The number of esters is 2. The Labute approximate surface area is 181 Å². The largest absolute Gasteiger partial charge is 0.465 e. The number of nitrogens with one attached hydrogen (secondary N) is 1. The Hall–Kier alpha value is -2.84. The van der Waals surface area contributed by atoms with Crippen molar-refractivity contribution < 1.29 is 23.9 Å². The van der Waals surface area contributed by atoms with Crippen LogP contribution in [-0.2, 0) is 27.2 Å². The van der Waals surface area contributed by atoms with E-state index >= 15 is 0 Å². The Balaban J connectivity index is 0.00000320. The number of nitrogens with zero attached hydrogens (tertiary/aromatic N) is 1. The van der Waals surface area contributed by atoms with E-state index in [0.29, 0.717) is 29.9 Å². The second-order valence-corrected chi connectivity index (χ2v) is 6.99. The molecule has 1 atom stereocenters. The van der Waals surface area contributed by atoms with Gasteiger partial charge in [0.15, 0.2) is 0 Å². The van der Waals surface area contributed by atoms with E-state index in [0.717, 1.165) is 12.1 Å². The number of ether oxygens (including phenoxy) is 2. The molecule has 162 valence electrons. The van der Waals surface area contributed by atoms with Crippen molar-refractivity contribution in [3.05, 3.63) is 41.1 Å². The first-order valence-corrected chi connectivity index (χ1v) is 9.46. The Morgan fingerprint density at radius 2 is 1.83 bits per heavy atom. The van der Waals surface area contributed by atoms with Gasteiger partial charge in [-0.2, -0.15) is 0 Å². The summed E-state index contributed by atoms with van der Waals surface area (Å²) in [5.41, 5.74) is 8.63. The number of hydrogen-bond acceptors (Lipinski definition) is 6. The van der Waals surface area contributed by atoms with E-state index in [4.69, 9.17) is 15.2 Å². The van der Waals surface area contributed by atoms with Crippen molar-refractivity contribution in [1.82, 2.24) is 4.57 Å². The van der Waals surface area contributed by atoms with Gasteiger partial charge >= 0.3 is 11.9 Å². The van der Waals surface area contributed by atoms with Gasteiger partial charge in [-0.15, -0.1) is 12.4 Å². The maximum absolute atomic E-state index is 12.6. The molecular formula is C21H26ClN3O5. The van der Waals surface area contributed by atoms with Crippen LogP contribution in [0.1, 0.15) is 39.8 Å². The van der Waals surface area contributed by atoms with E-state index in [1.165, 1.54) is 14.2 Å². The minimum absolute atomic E-state index is 0. The van der Waals surface area contributed by atoms with Gasteiger partial charge in [-0.25, -0.2) is 9.59 Å². The summed E-state index contributed by atoms with van der Waals surface area (Å²) in [6.45, 7) is 2.66. The molecule has 1 aliphatic rings. The lowest BCUT2D eigenvalue weighted by Gasteiger charge is -2.13. The first kappa shape index (κ1) is 23.4. The quantitative estimate of drug-likeness (QED) is 0.674. The van der Waals surface area contributed by atoms with Crippen molar-refractivity contribution in [2.45, 2.75) is 26.3 Å². The molecule has 8 nitrogen and oxygen atoms in total. The molecule has 1 aliphatic heterocycles. The fourth-order valence-electron chi connectivity index (χ4n) is 3.62. The lowest BCUT2D eigenvalue weighted by atomic mass is 10.0. The smallest absolute Gasteiger partial charge is 0.340 e. The number of nitrogens with two attached hydrogens (primary N) is 1. The van der Waals surface area contributed by atoms with Crippen molar-refractivity contribution in [1.29, 1.82) is 0 Å². The van der Waals surface area contributed by atoms with Crippen LogP contribution in [0.4, 0.5) is 5.69 Å². The Kier molecular flexibility index (Phi) is 7.64. The molecule has 0 radical (unpaired) electrons. The van der Waals surface area contributed by atoms with E-state index in [-0.39, 0.29) is 41.9 Å². The molecular weight excluding hydrogens is 410 g/mol. The van der Waals surface area contributed by atoms with Crippen LogP contribution in [0.15, 0.2) is 24.3 Å². The lowest BCUT2D eigenvalue weighted by molar-refractivity contribution is -0.119. The number of carbonyl (C=O) groups excluding carboxylic acids is 3. The molecule has 30 heavy (non-hydrogen) atoms. The topological polar surface area (TPSA) is 113 Å². The average Bonchev–Trinajstić information content (AvgIpc) is 3.32. The predicted molar refractivity (Wildman–Crippen MR) is 115 cm³/mol. The number of halogens is 1. The number of benzene rings is 1. The van der Waals surface area contributed by atoms with Crippen LogP contribution >= 0.6 is 12.4 Å². The molecule has 1 aromatic carbocycles. The maximum Gasteiger partial charge on any atom is 0.340 e. The second-order valence-electron chi connectivity index (χ2n) is 6.99. The predicted octanol–water partition coefficient (Wildman–Crippen LogP) is 2.63. The van der Waals surface area contributed by atoms with E-state index < -0.39 is 11.9 Å². The fourth-order valence-corrected chi connectivity index (χ4v) is 3.62. The van der Waals surface area contributed by atoms with Gasteiger partial charge < -0.3 is 25.1 Å². The summed E-state index contributed by atoms with van der Waals surface area (Å²) in [5, 5.41) is 2.84. The molecule has 0 fully saturated rings. The third-order valence-electron chi connectivity index (χ3n) is 5.15. The van der Waals surface area contributed by atoms with Gasteiger partial charge in [0.2, 0.25) is 5.91 Å². The zero-order chi connectivity index (χ0) is 21.1. The average molecular weight is 436 g/mol. The minimum Gasteiger partial charge on any atom is -0.465 e. The molecule has 2 heterocycles. The molecule has 0 saturated carbocycles. The van der Waals surface area contributed by atoms with Crippen molar-refractivity contribution in [2.75, 3.05) is 26.1 Å². The first-order valence-electron chi connectivity index (χ1n) is 9.46. The third kappa shape index (κ3) is 4.20. The molecule has 1 amide bonds. The highest BCUT2D eigenvalue weighted by molar-refractivity contribution is 6.09. The van der Waals surface area contributed by atoms with Gasteiger partial charge in [0.1, 0.15) is 5.56 Å². The van der Waals surface area contributed by atoms with Crippen molar-refractivity contribution in [2.24, 2.45) is 11.7 Å². The molecule has 1 unspecified atom stereocenters. The summed E-state index contributed by atoms with van der Waals surface area (Å²) in [6.07, 6.45) is 1.52. The number of rotatable bonds is 6. The van der Waals surface area contributed by atoms with Gasteiger partial charge in [-0.1, -0.05) is 19.1 Å². The highest BCUT2D eigenvalue weighted by atomic mass is 35.5. The zero-order valence-corrected chi connectivity index (χ0v) is 18.0. The van der Waals surface area contributed by atoms with Crippen LogP contribution in [-0.4, -0.2) is 43.2 Å². The van der Waals surface area contributed by atoms with Crippen LogP contribution < -0.4 is 11.1 Å². The Morgan fingerprint density at radius 3 is 2.47 bits per heavy atom. The van der Waals surface area contributed by atoms with E-state index in [1.54, 1.807) is 25.1 Å². The molecule has 0 saturated heterocycles. The number of anilines is 1. The summed E-state index contributed by atoms with van der Waals surface area (Å²) in [6, 6.07) is 7.15. The fraction of sp³-hybridized carbons (Fsp3) is 0.381. The SMILES string of the molecule is COC(=O)c1c(C(=O)OC)c(-c2cccc(NC(=O)C(C)CN)c2)n2c1CCC2.Cl. The minimum atomic E-state index is -0.603. The van der Waals surface area contributed by atoms with Crippen molar-refractivity contribution in [3.8, 4) is 11.3 Å². The number of fused-ring (bicyclic) bond motifs is 1. The van der Waals surface area contributed by atoms with Crippen LogP contribution in [0.3, 0.4) is 0 Å². The summed E-state index contributed by atoms with van der Waals surface area (Å²) >= 11 is 0. The summed E-state index contributed by atoms with van der Waals surface area (Å²) in [5.74, 6) is -1.68. The summed E-state index contributed by atoms with van der Waals surface area (Å²) in [7, 11) is 2.57. The number of carbonyl (C=O) groups is 3. The molecule has 0 aliphatic carbocycles. The summed E-state index contributed by atoms with van der Waals surface area (Å²) in [4.78, 5) is 37.3. The van der Waals surface area contributed by atoms with E-state index in [1.807, 2.05) is 10.6 Å². The Morgan fingerprint density at radius 1 is 1.17 bits per heavy atom. The monoisotopic (exact) mass is 435 g/mol. The lowest BCUT2D eigenvalue weighted by Crippen LogP contribution is -2.26. The van der Waals surface area contributed by atoms with Gasteiger partial charge in [-0.05, 0) is 25.0 Å². The van der Waals surface area contributed by atoms with Gasteiger partial charge in [0.05, 0.1) is 25.5 Å². The van der Waals surface area contributed by atoms with Crippen LogP contribution in [0.2, 0.25) is 0 Å². The van der Waals surface area contributed by atoms with Crippen molar-refractivity contribution >= 4 is 35.9 Å². The standard InChI is InChI=1S/C21H25N3O5.ClH/c1-12(11-22)19(25)23-14-7-4-6-13(10-14)18-17(21(27)29-3)16(20(26)28-2)15-8-5-9-24(15)18;/h4,6-7,10,12H,5,8-9,11,22H2,1-3H3,(H,23,25);1H. The highest BCUT2D eigenvalue weighted by Gasteiger charge is 2.34. The van der Waals surface area contributed by atoms with Crippen LogP contribution in [0, 0.1) is 5.92 Å². The van der Waals surface area contributed by atoms with Gasteiger partial charge in [0.25, 0.3) is 0 Å². The molecule has 3 N–H and O–H groups in total. The molecule has 0 bridgehead atoms. The summed E-state index contributed by atoms with van der Waals surface area (Å²) < 4.78 is 11.9. The molecule has 2 aromatic rings. The normalized spacial score (nSPS) is 13.1. The van der Waals surface area contributed by atoms with Crippen molar-refractivity contribution in [3.63, 3.8) is 0 Å². The van der Waals surface area contributed by atoms with Crippen LogP contribution in [0.25, 0.3) is 11.3 Å². The van der Waals surface area contributed by atoms with Gasteiger partial charge in [0, 0.05) is 36.0 Å². The third-order valence-corrected chi connectivity index (χ3v) is 5.15.